The molecule has 1 amide bonds. The first kappa shape index (κ1) is 18.8. The summed E-state index contributed by atoms with van der Waals surface area (Å²) in [4.78, 5) is 15.1. The molecule has 1 aliphatic carbocycles. The number of halogens is 1. The molecule has 0 atom stereocenters. The lowest BCUT2D eigenvalue weighted by Gasteiger charge is -2.33. The number of nitrogen functional groups attached to an aromatic ring is 1. The van der Waals surface area contributed by atoms with Crippen LogP contribution in [0.15, 0.2) is 12.1 Å². The summed E-state index contributed by atoms with van der Waals surface area (Å²) in [5.41, 5.74) is 8.91. The molecule has 0 bridgehead atoms. The second-order valence-corrected chi connectivity index (χ2v) is 7.80. The van der Waals surface area contributed by atoms with Crippen molar-refractivity contribution in [2.75, 3.05) is 36.1 Å². The zero-order valence-electron chi connectivity index (χ0n) is 15.9. The van der Waals surface area contributed by atoms with Gasteiger partial charge in [0.2, 0.25) is 0 Å². The molecular weight excluding hydrogens is 331 g/mol. The first-order valence-corrected chi connectivity index (χ1v) is 9.79. The third-order valence-electron chi connectivity index (χ3n) is 5.80. The number of hydrogen-bond donors (Lipinski definition) is 3. The summed E-state index contributed by atoms with van der Waals surface area (Å²) < 4.78 is 13.5. The summed E-state index contributed by atoms with van der Waals surface area (Å²) >= 11 is 0. The maximum atomic E-state index is 13.5. The maximum absolute atomic E-state index is 13.5. The van der Waals surface area contributed by atoms with Crippen LogP contribution in [0.3, 0.4) is 0 Å². The highest BCUT2D eigenvalue weighted by molar-refractivity contribution is 6.02. The highest BCUT2D eigenvalue weighted by Gasteiger charge is 2.26. The molecule has 2 aliphatic rings. The van der Waals surface area contributed by atoms with Gasteiger partial charge in [-0.05, 0) is 56.6 Å². The molecule has 1 saturated heterocycles. The zero-order chi connectivity index (χ0) is 18.7. The van der Waals surface area contributed by atoms with Crippen molar-refractivity contribution in [1.29, 1.82) is 0 Å². The molecule has 3 rings (SSSR count). The van der Waals surface area contributed by atoms with E-state index < -0.39 is 6.17 Å². The number of nitrogens with one attached hydrogen (secondary N) is 2. The van der Waals surface area contributed by atoms with Gasteiger partial charge in [0, 0.05) is 26.2 Å². The fourth-order valence-corrected chi connectivity index (χ4v) is 4.02. The molecule has 6 heteroatoms. The van der Waals surface area contributed by atoms with Crippen molar-refractivity contribution in [3.63, 3.8) is 0 Å². The van der Waals surface area contributed by atoms with Crippen LogP contribution in [0.4, 0.5) is 21.5 Å². The summed E-state index contributed by atoms with van der Waals surface area (Å²) in [5, 5.41) is 6.27. The predicted molar refractivity (Wildman–Crippen MR) is 106 cm³/mol. The largest absolute Gasteiger partial charge is 0.397 e. The minimum atomic E-state index is -0.745. The van der Waals surface area contributed by atoms with Crippen LogP contribution in [0, 0.1) is 5.92 Å². The Kier molecular flexibility index (Phi) is 5.89. The van der Waals surface area contributed by atoms with Crippen LogP contribution in [0.2, 0.25) is 0 Å². The van der Waals surface area contributed by atoms with Crippen molar-refractivity contribution in [3.8, 4) is 0 Å². The molecule has 1 aromatic rings. The van der Waals surface area contributed by atoms with E-state index in [1.165, 1.54) is 0 Å². The molecule has 1 aliphatic heterocycles. The number of benzene rings is 1. The summed E-state index contributed by atoms with van der Waals surface area (Å²) in [6.07, 6.45) is 4.62. The lowest BCUT2D eigenvalue weighted by atomic mass is 9.87. The Bertz CT molecular complexity index is 635. The maximum Gasteiger partial charge on any atom is 0.253 e. The Labute approximate surface area is 155 Å². The van der Waals surface area contributed by atoms with E-state index in [9.17, 15) is 9.18 Å². The predicted octanol–water partition coefficient (Wildman–Crippen LogP) is 3.56. The third kappa shape index (κ3) is 4.22. The number of amides is 1. The lowest BCUT2D eigenvalue weighted by molar-refractivity contribution is 0.0923. The Hall–Kier alpha value is -1.98. The number of anilines is 3. The number of nitrogens with two attached hydrogens (primary N) is 1. The smallest absolute Gasteiger partial charge is 0.253 e. The second-order valence-electron chi connectivity index (χ2n) is 7.80. The first-order chi connectivity index (χ1) is 12.5. The number of carbonyl (C=O) groups excluding carboxylic acids is 1. The number of piperidine rings is 1. The average molecular weight is 362 g/mol. The van der Waals surface area contributed by atoms with Gasteiger partial charge in [-0.3, -0.25) is 4.79 Å². The summed E-state index contributed by atoms with van der Waals surface area (Å²) in [6, 6.07) is 3.91. The van der Waals surface area contributed by atoms with E-state index >= 15 is 0 Å². The fraction of sp³-hybridized carbons (Fsp3) is 0.650. The Morgan fingerprint density at radius 1 is 1.15 bits per heavy atom. The lowest BCUT2D eigenvalue weighted by Crippen LogP contribution is -2.39. The van der Waals surface area contributed by atoms with Crippen LogP contribution in [0.1, 0.15) is 55.8 Å². The van der Waals surface area contributed by atoms with Crippen LogP contribution in [-0.2, 0) is 0 Å². The van der Waals surface area contributed by atoms with E-state index in [2.05, 4.69) is 22.5 Å². The normalized spacial score (nSPS) is 24.3. The minimum absolute atomic E-state index is 0.0729. The molecule has 1 heterocycles. The second kappa shape index (κ2) is 8.14. The van der Waals surface area contributed by atoms with E-state index in [0.717, 1.165) is 43.0 Å². The van der Waals surface area contributed by atoms with Gasteiger partial charge in [0.1, 0.15) is 6.17 Å². The Balaban J connectivity index is 1.82. The van der Waals surface area contributed by atoms with Crippen molar-refractivity contribution in [1.82, 2.24) is 5.32 Å². The van der Waals surface area contributed by atoms with Gasteiger partial charge in [-0.1, -0.05) is 6.92 Å². The minimum Gasteiger partial charge on any atom is -0.397 e. The van der Waals surface area contributed by atoms with Gasteiger partial charge < -0.3 is 21.3 Å². The zero-order valence-corrected chi connectivity index (χ0v) is 15.9. The van der Waals surface area contributed by atoms with Gasteiger partial charge in [-0.2, -0.15) is 0 Å². The van der Waals surface area contributed by atoms with Crippen LogP contribution in [0.25, 0.3) is 0 Å². The van der Waals surface area contributed by atoms with E-state index in [0.29, 0.717) is 37.2 Å². The molecule has 2 fully saturated rings. The van der Waals surface area contributed by atoms with E-state index in [1.807, 2.05) is 13.1 Å². The molecule has 4 N–H and O–H groups in total. The monoisotopic (exact) mass is 362 g/mol. The van der Waals surface area contributed by atoms with Gasteiger partial charge in [-0.25, -0.2) is 4.39 Å². The molecule has 0 aromatic heterocycles. The summed E-state index contributed by atoms with van der Waals surface area (Å²) in [5.74, 6) is 0.669. The average Bonchev–Trinajstić information content (AvgIpc) is 2.64. The van der Waals surface area contributed by atoms with E-state index in [-0.39, 0.29) is 11.9 Å². The van der Waals surface area contributed by atoms with Gasteiger partial charge >= 0.3 is 0 Å². The SMILES string of the molecule is CNc1cc(N2CCC(F)CC2)c(C(=O)N[C@H]2CC[C@H](C)CC2)cc1N. The number of rotatable bonds is 4. The number of carbonyl (C=O) groups is 1. The summed E-state index contributed by atoms with van der Waals surface area (Å²) in [7, 11) is 1.81. The van der Waals surface area contributed by atoms with Gasteiger partial charge in [0.25, 0.3) is 5.91 Å². The highest BCUT2D eigenvalue weighted by atomic mass is 19.1. The molecule has 1 saturated carbocycles. The van der Waals surface area contributed by atoms with Gasteiger partial charge in [0.15, 0.2) is 0 Å². The van der Waals surface area contributed by atoms with Crippen LogP contribution < -0.4 is 21.3 Å². The van der Waals surface area contributed by atoms with Crippen molar-refractivity contribution < 1.29 is 9.18 Å². The van der Waals surface area contributed by atoms with E-state index in [1.54, 1.807) is 6.07 Å². The number of nitrogens with zero attached hydrogens (tertiary/aromatic N) is 1. The first-order valence-electron chi connectivity index (χ1n) is 9.79. The van der Waals surface area contributed by atoms with Crippen LogP contribution >= 0.6 is 0 Å². The molecule has 5 nitrogen and oxygen atoms in total. The van der Waals surface area contributed by atoms with Crippen LogP contribution in [-0.4, -0.2) is 38.3 Å². The summed E-state index contributed by atoms with van der Waals surface area (Å²) in [6.45, 7) is 3.51. The Morgan fingerprint density at radius 2 is 1.81 bits per heavy atom. The standard InChI is InChI=1S/C20H31FN4O/c1-13-3-5-15(6-4-13)24-20(26)16-11-17(22)18(23-2)12-19(16)25-9-7-14(21)8-10-25/h11-15,23H,3-10,22H2,1-2H3,(H,24,26)/t13-,15-. The Morgan fingerprint density at radius 3 is 2.42 bits per heavy atom. The number of alkyl halides is 1. The fourth-order valence-electron chi connectivity index (χ4n) is 4.02. The van der Waals surface area contributed by atoms with Crippen molar-refractivity contribution in [2.45, 2.75) is 57.7 Å². The molecule has 26 heavy (non-hydrogen) atoms. The van der Waals surface area contributed by atoms with Gasteiger partial charge in [-0.15, -0.1) is 0 Å². The molecule has 1 aromatic carbocycles. The quantitative estimate of drug-likeness (QED) is 0.716. The van der Waals surface area contributed by atoms with Crippen LogP contribution in [0.5, 0.6) is 0 Å². The van der Waals surface area contributed by atoms with Crippen molar-refractivity contribution >= 4 is 23.0 Å². The third-order valence-corrected chi connectivity index (χ3v) is 5.80. The molecule has 0 radical (unpaired) electrons. The molecule has 144 valence electrons. The van der Waals surface area contributed by atoms with E-state index in [4.69, 9.17) is 5.73 Å². The molecular formula is C20H31FN4O. The number of hydrogen-bond acceptors (Lipinski definition) is 4. The molecule has 0 unspecified atom stereocenters. The van der Waals surface area contributed by atoms with Crippen molar-refractivity contribution in [2.24, 2.45) is 5.92 Å². The topological polar surface area (TPSA) is 70.4 Å². The molecule has 0 spiro atoms. The highest BCUT2D eigenvalue weighted by Crippen LogP contribution is 2.33. The van der Waals surface area contributed by atoms with Gasteiger partial charge in [0.05, 0.1) is 22.6 Å². The van der Waals surface area contributed by atoms with Crippen molar-refractivity contribution in [3.05, 3.63) is 17.7 Å².